The number of hydrogen-bond acceptors (Lipinski definition) is 3. The fourth-order valence-corrected chi connectivity index (χ4v) is 3.22. The highest BCUT2D eigenvalue weighted by atomic mass is 16.2. The maximum Gasteiger partial charge on any atom is 0.318 e. The lowest BCUT2D eigenvalue weighted by Gasteiger charge is -2.35. The largest absolute Gasteiger partial charge is 0.352 e. The maximum atomic E-state index is 12.7. The zero-order valence-electron chi connectivity index (χ0n) is 16.5. The molecule has 0 bridgehead atoms. The van der Waals surface area contributed by atoms with Crippen LogP contribution in [0.15, 0.2) is 30.3 Å². The molecule has 28 heavy (non-hydrogen) atoms. The molecule has 0 spiro atoms. The van der Waals surface area contributed by atoms with Crippen LogP contribution in [0.25, 0.3) is 10.9 Å². The molecule has 150 valence electrons. The lowest BCUT2D eigenvalue weighted by molar-refractivity contribution is -0.123. The van der Waals surface area contributed by atoms with Gasteiger partial charge in [-0.1, -0.05) is 18.2 Å². The molecule has 1 aromatic heterocycles. The van der Waals surface area contributed by atoms with Gasteiger partial charge in [0.2, 0.25) is 5.91 Å². The van der Waals surface area contributed by atoms with Gasteiger partial charge < -0.3 is 25.4 Å². The van der Waals surface area contributed by atoms with Crippen molar-refractivity contribution in [1.82, 2.24) is 25.4 Å². The molecule has 1 aliphatic heterocycles. The van der Waals surface area contributed by atoms with Crippen molar-refractivity contribution in [3.63, 3.8) is 0 Å². The summed E-state index contributed by atoms with van der Waals surface area (Å²) in [5.41, 5.74) is 1.48. The first-order valence-electron chi connectivity index (χ1n) is 9.58. The summed E-state index contributed by atoms with van der Waals surface area (Å²) in [6.45, 7) is 7.16. The van der Waals surface area contributed by atoms with Crippen molar-refractivity contribution >= 4 is 28.7 Å². The molecule has 1 saturated heterocycles. The number of rotatable bonds is 4. The van der Waals surface area contributed by atoms with Crippen LogP contribution in [0.4, 0.5) is 4.79 Å². The van der Waals surface area contributed by atoms with Crippen molar-refractivity contribution in [3.8, 4) is 0 Å². The zero-order valence-corrected chi connectivity index (χ0v) is 16.5. The third-order valence-corrected chi connectivity index (χ3v) is 4.78. The topological polar surface area (TPSA) is 97.5 Å². The Morgan fingerprint density at radius 2 is 1.61 bits per heavy atom. The fourth-order valence-electron chi connectivity index (χ4n) is 3.22. The number of nitrogens with one attached hydrogen (secondary N) is 3. The molecular formula is C20H27N5O3. The smallest absolute Gasteiger partial charge is 0.318 e. The van der Waals surface area contributed by atoms with E-state index in [1.807, 2.05) is 44.2 Å². The minimum Gasteiger partial charge on any atom is -0.352 e. The number of fused-ring (bicyclic) bond motifs is 1. The molecule has 0 radical (unpaired) electrons. The number of carbonyl (C=O) groups excluding carboxylic acids is 3. The SMILES string of the molecule is CC(C)NC(=O)[C@H](C)NC(=O)N1CCN(C(=O)c2cc3ccccc3[nH]2)CC1. The van der Waals surface area contributed by atoms with Gasteiger partial charge >= 0.3 is 6.03 Å². The van der Waals surface area contributed by atoms with Crippen LogP contribution in [0.5, 0.6) is 0 Å². The number of piperazine rings is 1. The first-order valence-corrected chi connectivity index (χ1v) is 9.58. The van der Waals surface area contributed by atoms with Crippen molar-refractivity contribution in [3.05, 3.63) is 36.0 Å². The molecule has 0 saturated carbocycles. The minimum absolute atomic E-state index is 0.0195. The van der Waals surface area contributed by atoms with Gasteiger partial charge in [-0.05, 0) is 32.9 Å². The van der Waals surface area contributed by atoms with Crippen LogP contribution in [-0.2, 0) is 4.79 Å². The molecule has 0 aliphatic carbocycles. The molecule has 3 rings (SSSR count). The predicted molar refractivity (Wildman–Crippen MR) is 107 cm³/mol. The Hall–Kier alpha value is -3.03. The summed E-state index contributed by atoms with van der Waals surface area (Å²) in [6.07, 6.45) is 0. The zero-order chi connectivity index (χ0) is 20.3. The first kappa shape index (κ1) is 19.7. The van der Waals surface area contributed by atoms with E-state index in [9.17, 15) is 14.4 Å². The van der Waals surface area contributed by atoms with Crippen molar-refractivity contribution in [2.24, 2.45) is 0 Å². The molecule has 1 aliphatic rings. The van der Waals surface area contributed by atoms with E-state index < -0.39 is 6.04 Å². The monoisotopic (exact) mass is 385 g/mol. The summed E-state index contributed by atoms with van der Waals surface area (Å²) in [7, 11) is 0. The Kier molecular flexibility index (Phi) is 5.87. The number of carbonyl (C=O) groups is 3. The van der Waals surface area contributed by atoms with Crippen molar-refractivity contribution in [2.45, 2.75) is 32.9 Å². The average molecular weight is 385 g/mol. The van der Waals surface area contributed by atoms with Gasteiger partial charge in [0.25, 0.3) is 5.91 Å². The number of para-hydroxylation sites is 1. The minimum atomic E-state index is -0.610. The van der Waals surface area contributed by atoms with Crippen LogP contribution in [-0.4, -0.2) is 70.9 Å². The average Bonchev–Trinajstić information content (AvgIpc) is 3.11. The standard InChI is InChI=1S/C20H27N5O3/c1-13(2)21-18(26)14(3)22-20(28)25-10-8-24(9-11-25)19(27)17-12-15-6-4-5-7-16(15)23-17/h4-7,12-14,23H,8-11H2,1-3H3,(H,21,26)(H,22,28)/t14-/m0/s1. The Morgan fingerprint density at radius 1 is 0.964 bits per heavy atom. The van der Waals surface area contributed by atoms with E-state index in [0.29, 0.717) is 31.9 Å². The lowest BCUT2D eigenvalue weighted by Crippen LogP contribution is -2.56. The second kappa shape index (κ2) is 8.33. The number of aromatic nitrogens is 1. The van der Waals surface area contributed by atoms with Crippen molar-refractivity contribution in [2.75, 3.05) is 26.2 Å². The maximum absolute atomic E-state index is 12.7. The number of urea groups is 1. The molecular weight excluding hydrogens is 358 g/mol. The van der Waals surface area contributed by atoms with Gasteiger partial charge in [-0.25, -0.2) is 4.79 Å². The number of benzene rings is 1. The Labute approximate surface area is 164 Å². The van der Waals surface area contributed by atoms with Gasteiger partial charge in [-0.15, -0.1) is 0 Å². The Bertz CT molecular complexity index is 835. The third kappa shape index (κ3) is 4.44. The van der Waals surface area contributed by atoms with E-state index in [1.54, 1.807) is 16.7 Å². The molecule has 1 fully saturated rings. The molecule has 8 heteroatoms. The molecule has 1 aromatic carbocycles. The first-order chi connectivity index (χ1) is 13.3. The number of nitrogens with zero attached hydrogens (tertiary/aromatic N) is 2. The summed E-state index contributed by atoms with van der Waals surface area (Å²) in [5.74, 6) is -0.281. The van der Waals surface area contributed by atoms with Gasteiger partial charge in [-0.2, -0.15) is 0 Å². The van der Waals surface area contributed by atoms with Crippen molar-refractivity contribution < 1.29 is 14.4 Å². The quantitative estimate of drug-likeness (QED) is 0.745. The van der Waals surface area contributed by atoms with Crippen LogP contribution in [0.3, 0.4) is 0 Å². The lowest BCUT2D eigenvalue weighted by atomic mass is 10.2. The number of H-pyrrole nitrogens is 1. The van der Waals surface area contributed by atoms with Crippen LogP contribution >= 0.6 is 0 Å². The molecule has 2 aromatic rings. The Balaban J connectivity index is 1.53. The summed E-state index contributed by atoms with van der Waals surface area (Å²) < 4.78 is 0. The summed E-state index contributed by atoms with van der Waals surface area (Å²) in [6, 6.07) is 8.73. The number of amides is 4. The highest BCUT2D eigenvalue weighted by Gasteiger charge is 2.27. The fraction of sp³-hybridized carbons (Fsp3) is 0.450. The predicted octanol–water partition coefficient (Wildman–Crippen LogP) is 1.55. The van der Waals surface area contributed by atoms with Crippen LogP contribution in [0.2, 0.25) is 0 Å². The van der Waals surface area contributed by atoms with E-state index in [2.05, 4.69) is 15.6 Å². The van der Waals surface area contributed by atoms with E-state index in [4.69, 9.17) is 0 Å². The molecule has 2 heterocycles. The van der Waals surface area contributed by atoms with Gasteiger partial charge in [0.1, 0.15) is 11.7 Å². The number of aromatic amines is 1. The van der Waals surface area contributed by atoms with E-state index in [0.717, 1.165) is 10.9 Å². The molecule has 8 nitrogen and oxygen atoms in total. The van der Waals surface area contributed by atoms with Crippen molar-refractivity contribution in [1.29, 1.82) is 0 Å². The van der Waals surface area contributed by atoms with Gasteiger partial charge in [0.15, 0.2) is 0 Å². The van der Waals surface area contributed by atoms with E-state index in [-0.39, 0.29) is 23.9 Å². The van der Waals surface area contributed by atoms with Crippen LogP contribution in [0.1, 0.15) is 31.3 Å². The molecule has 0 unspecified atom stereocenters. The molecule has 3 N–H and O–H groups in total. The van der Waals surface area contributed by atoms with Crippen LogP contribution < -0.4 is 10.6 Å². The van der Waals surface area contributed by atoms with E-state index in [1.165, 1.54) is 0 Å². The van der Waals surface area contributed by atoms with Gasteiger partial charge in [0.05, 0.1) is 0 Å². The Morgan fingerprint density at radius 3 is 2.25 bits per heavy atom. The summed E-state index contributed by atoms with van der Waals surface area (Å²) in [5, 5.41) is 6.48. The highest BCUT2D eigenvalue weighted by Crippen LogP contribution is 2.17. The van der Waals surface area contributed by atoms with E-state index >= 15 is 0 Å². The summed E-state index contributed by atoms with van der Waals surface area (Å²) >= 11 is 0. The molecule has 4 amide bonds. The van der Waals surface area contributed by atoms with Gasteiger partial charge in [-0.3, -0.25) is 9.59 Å². The molecule has 1 atom stereocenters. The highest BCUT2D eigenvalue weighted by molar-refractivity contribution is 5.98. The third-order valence-electron chi connectivity index (χ3n) is 4.78. The summed E-state index contributed by atoms with van der Waals surface area (Å²) in [4.78, 5) is 43.6. The second-order valence-corrected chi connectivity index (χ2v) is 7.38. The van der Waals surface area contributed by atoms with Gasteiger partial charge in [0, 0.05) is 43.1 Å². The normalized spacial score (nSPS) is 15.6. The van der Waals surface area contributed by atoms with Crippen LogP contribution in [0, 0.1) is 0 Å². The second-order valence-electron chi connectivity index (χ2n) is 7.38. The number of hydrogen-bond donors (Lipinski definition) is 3.